The lowest BCUT2D eigenvalue weighted by Crippen LogP contribution is -2.49. The van der Waals surface area contributed by atoms with Crippen LogP contribution in [-0.2, 0) is 0 Å². The largest absolute Gasteiger partial charge is 0.457 e. The maximum absolute atomic E-state index is 12.4. The monoisotopic (exact) mass is 360 g/mol. The smallest absolute Gasteiger partial charge is 0.274 e. The second-order valence-corrected chi connectivity index (χ2v) is 6.28. The predicted octanol–water partition coefficient (Wildman–Crippen LogP) is 3.23. The number of ether oxygens (including phenoxy) is 1. The van der Waals surface area contributed by atoms with E-state index >= 15 is 0 Å². The lowest BCUT2D eigenvalue weighted by atomic mass is 10.2. The summed E-state index contributed by atoms with van der Waals surface area (Å²) in [6, 6.07) is 17.8. The summed E-state index contributed by atoms with van der Waals surface area (Å²) in [7, 11) is 0. The van der Waals surface area contributed by atoms with Crippen LogP contribution in [0.2, 0.25) is 0 Å². The highest BCUT2D eigenvalue weighted by molar-refractivity contribution is 5.92. The van der Waals surface area contributed by atoms with Gasteiger partial charge in [0.1, 0.15) is 17.2 Å². The lowest BCUT2D eigenvalue weighted by Gasteiger charge is -2.36. The summed E-state index contributed by atoms with van der Waals surface area (Å²) in [6.07, 6.45) is 4.63. The topological polar surface area (TPSA) is 58.6 Å². The Labute approximate surface area is 158 Å². The van der Waals surface area contributed by atoms with E-state index in [1.807, 2.05) is 47.4 Å². The molecule has 0 spiro atoms. The average Bonchev–Trinajstić information content (AvgIpc) is 2.75. The number of piperazine rings is 1. The van der Waals surface area contributed by atoms with E-state index in [1.54, 1.807) is 12.4 Å². The Hall–Kier alpha value is -3.41. The molecule has 2 heterocycles. The van der Waals surface area contributed by atoms with E-state index in [2.05, 4.69) is 27.0 Å². The first-order valence-corrected chi connectivity index (χ1v) is 8.93. The highest BCUT2D eigenvalue weighted by atomic mass is 16.5. The number of para-hydroxylation sites is 1. The van der Waals surface area contributed by atoms with E-state index < -0.39 is 0 Å². The van der Waals surface area contributed by atoms with Gasteiger partial charge in [-0.1, -0.05) is 18.2 Å². The van der Waals surface area contributed by atoms with Crippen molar-refractivity contribution in [1.82, 2.24) is 14.9 Å². The quantitative estimate of drug-likeness (QED) is 0.715. The third-order valence-electron chi connectivity index (χ3n) is 4.53. The zero-order valence-electron chi connectivity index (χ0n) is 14.9. The molecule has 6 heteroatoms. The van der Waals surface area contributed by atoms with E-state index in [4.69, 9.17) is 4.74 Å². The van der Waals surface area contributed by atoms with Gasteiger partial charge in [-0.3, -0.25) is 9.78 Å². The fourth-order valence-electron chi connectivity index (χ4n) is 3.09. The van der Waals surface area contributed by atoms with E-state index in [1.165, 1.54) is 6.20 Å². The van der Waals surface area contributed by atoms with Crippen LogP contribution in [0.5, 0.6) is 11.5 Å². The van der Waals surface area contributed by atoms with Gasteiger partial charge in [-0.15, -0.1) is 0 Å². The number of carbonyl (C=O) groups excluding carboxylic acids is 1. The second kappa shape index (κ2) is 7.86. The number of amides is 1. The van der Waals surface area contributed by atoms with Crippen LogP contribution in [0.3, 0.4) is 0 Å². The van der Waals surface area contributed by atoms with Crippen LogP contribution in [0.15, 0.2) is 73.2 Å². The second-order valence-electron chi connectivity index (χ2n) is 6.28. The minimum Gasteiger partial charge on any atom is -0.457 e. The van der Waals surface area contributed by atoms with Gasteiger partial charge >= 0.3 is 0 Å². The van der Waals surface area contributed by atoms with Gasteiger partial charge < -0.3 is 14.5 Å². The molecule has 2 aromatic carbocycles. The molecule has 1 aliphatic heterocycles. The van der Waals surface area contributed by atoms with Crippen molar-refractivity contribution in [3.05, 3.63) is 78.9 Å². The molecule has 3 aromatic rings. The molecule has 1 fully saturated rings. The van der Waals surface area contributed by atoms with E-state index in [0.717, 1.165) is 30.3 Å². The molecule has 136 valence electrons. The number of benzene rings is 2. The normalized spacial score (nSPS) is 14.1. The zero-order chi connectivity index (χ0) is 18.5. The number of hydrogen-bond acceptors (Lipinski definition) is 5. The Bertz CT molecular complexity index is 877. The molecule has 27 heavy (non-hydrogen) atoms. The van der Waals surface area contributed by atoms with Gasteiger partial charge in [-0.2, -0.15) is 0 Å². The molecule has 1 aliphatic rings. The van der Waals surface area contributed by atoms with Gasteiger partial charge in [0.05, 0.1) is 6.20 Å². The minimum atomic E-state index is -0.0608. The summed E-state index contributed by atoms with van der Waals surface area (Å²) in [5.74, 6) is 1.57. The number of hydrogen-bond donors (Lipinski definition) is 0. The van der Waals surface area contributed by atoms with Crippen molar-refractivity contribution in [2.24, 2.45) is 0 Å². The standard InChI is InChI=1S/C21H20N4O2/c26-21(20-16-22-10-11-23-20)25-14-12-24(13-15-25)17-6-8-19(9-7-17)27-18-4-2-1-3-5-18/h1-11,16H,12-15H2. The molecule has 0 unspecified atom stereocenters. The summed E-state index contributed by atoms with van der Waals surface area (Å²) in [5, 5.41) is 0. The van der Waals surface area contributed by atoms with Gasteiger partial charge in [0.2, 0.25) is 0 Å². The number of carbonyl (C=O) groups is 1. The number of aromatic nitrogens is 2. The van der Waals surface area contributed by atoms with Crippen molar-refractivity contribution in [2.75, 3.05) is 31.1 Å². The van der Waals surface area contributed by atoms with Gasteiger partial charge in [-0.25, -0.2) is 4.98 Å². The van der Waals surface area contributed by atoms with Crippen LogP contribution >= 0.6 is 0 Å². The molecular formula is C21H20N4O2. The van der Waals surface area contributed by atoms with Crippen LogP contribution in [0.25, 0.3) is 0 Å². The fourth-order valence-corrected chi connectivity index (χ4v) is 3.09. The third-order valence-corrected chi connectivity index (χ3v) is 4.53. The van der Waals surface area contributed by atoms with E-state index in [9.17, 15) is 4.79 Å². The van der Waals surface area contributed by atoms with Crippen LogP contribution in [-0.4, -0.2) is 47.0 Å². The van der Waals surface area contributed by atoms with Crippen LogP contribution in [0.1, 0.15) is 10.5 Å². The van der Waals surface area contributed by atoms with Gasteiger partial charge in [-0.05, 0) is 36.4 Å². The molecule has 1 saturated heterocycles. The zero-order valence-corrected chi connectivity index (χ0v) is 14.9. The van der Waals surface area contributed by atoms with Crippen molar-refractivity contribution in [1.29, 1.82) is 0 Å². The molecule has 1 amide bonds. The van der Waals surface area contributed by atoms with Crippen molar-refractivity contribution in [3.8, 4) is 11.5 Å². The Morgan fingerprint density at radius 1 is 0.852 bits per heavy atom. The predicted molar refractivity (Wildman–Crippen MR) is 103 cm³/mol. The summed E-state index contributed by atoms with van der Waals surface area (Å²) in [6.45, 7) is 2.89. The third kappa shape index (κ3) is 4.06. The maximum Gasteiger partial charge on any atom is 0.274 e. The Balaban J connectivity index is 1.35. The molecule has 1 aromatic heterocycles. The van der Waals surface area contributed by atoms with Gasteiger partial charge in [0.25, 0.3) is 5.91 Å². The van der Waals surface area contributed by atoms with Crippen LogP contribution in [0, 0.1) is 0 Å². The molecule has 0 N–H and O–H groups in total. The van der Waals surface area contributed by atoms with Gasteiger partial charge in [0.15, 0.2) is 0 Å². The molecule has 0 saturated carbocycles. The van der Waals surface area contributed by atoms with Gasteiger partial charge in [0, 0.05) is 44.3 Å². The molecular weight excluding hydrogens is 340 g/mol. The molecule has 0 bridgehead atoms. The summed E-state index contributed by atoms with van der Waals surface area (Å²) < 4.78 is 5.83. The Morgan fingerprint density at radius 2 is 1.56 bits per heavy atom. The average molecular weight is 360 g/mol. The van der Waals surface area contributed by atoms with Crippen LogP contribution < -0.4 is 9.64 Å². The summed E-state index contributed by atoms with van der Waals surface area (Å²) in [5.41, 5.74) is 1.52. The first kappa shape index (κ1) is 17.0. The molecule has 0 aliphatic carbocycles. The van der Waals surface area contributed by atoms with Crippen molar-refractivity contribution >= 4 is 11.6 Å². The van der Waals surface area contributed by atoms with Crippen LogP contribution in [0.4, 0.5) is 5.69 Å². The van der Waals surface area contributed by atoms with Crippen molar-refractivity contribution in [2.45, 2.75) is 0 Å². The first-order chi connectivity index (χ1) is 13.3. The Morgan fingerprint density at radius 3 is 2.22 bits per heavy atom. The molecule has 6 nitrogen and oxygen atoms in total. The van der Waals surface area contributed by atoms with E-state index in [-0.39, 0.29) is 5.91 Å². The van der Waals surface area contributed by atoms with Crippen molar-refractivity contribution < 1.29 is 9.53 Å². The highest BCUT2D eigenvalue weighted by Crippen LogP contribution is 2.25. The SMILES string of the molecule is O=C(c1cnccn1)N1CCN(c2ccc(Oc3ccccc3)cc2)CC1. The highest BCUT2D eigenvalue weighted by Gasteiger charge is 2.23. The maximum atomic E-state index is 12.4. The fraction of sp³-hybridized carbons (Fsp3) is 0.190. The first-order valence-electron chi connectivity index (χ1n) is 8.93. The summed E-state index contributed by atoms with van der Waals surface area (Å²) in [4.78, 5) is 24.6. The number of rotatable bonds is 4. The summed E-state index contributed by atoms with van der Waals surface area (Å²) >= 11 is 0. The lowest BCUT2D eigenvalue weighted by molar-refractivity contribution is 0.0740. The Kier molecular flexibility index (Phi) is 4.96. The van der Waals surface area contributed by atoms with E-state index in [0.29, 0.717) is 18.8 Å². The molecule has 0 radical (unpaired) electrons. The molecule has 0 atom stereocenters. The number of anilines is 1. The van der Waals surface area contributed by atoms with Crippen molar-refractivity contribution in [3.63, 3.8) is 0 Å². The minimum absolute atomic E-state index is 0.0608. The molecule has 4 rings (SSSR count). The number of nitrogens with zero attached hydrogens (tertiary/aromatic N) is 4.